The van der Waals surface area contributed by atoms with Crippen molar-refractivity contribution in [2.75, 3.05) is 0 Å². The SMILES string of the molecule is C=C(Oc1ccccc1C)c1cc(C(C)(C)C)c(-c2ccc(-c3nc(-c4ccccn4)ccc3-c3ccc(-c4cc(C(C)(C)C)c(-c5nc6ccccc6o5)cc4C(C)(C)C)cc3)cc2)cc1C(C)(C)C. The average molecular weight is 934 g/mol. The Morgan fingerprint density at radius 1 is 0.465 bits per heavy atom. The molecule has 358 valence electrons. The third-order valence-corrected chi connectivity index (χ3v) is 13.5. The lowest BCUT2D eigenvalue weighted by molar-refractivity contribution is 0.505. The molecule has 71 heavy (non-hydrogen) atoms. The Kier molecular flexibility index (Phi) is 12.6. The second-order valence-electron chi connectivity index (χ2n) is 23.1. The molecule has 0 fully saturated rings. The van der Waals surface area contributed by atoms with E-state index in [0.717, 1.165) is 78.4 Å². The van der Waals surface area contributed by atoms with E-state index in [9.17, 15) is 0 Å². The van der Waals surface area contributed by atoms with Crippen molar-refractivity contribution in [1.29, 1.82) is 0 Å². The largest absolute Gasteiger partial charge is 0.457 e. The lowest BCUT2D eigenvalue weighted by Crippen LogP contribution is -2.19. The summed E-state index contributed by atoms with van der Waals surface area (Å²) in [6.45, 7) is 33.8. The number of nitrogens with zero attached hydrogens (tertiary/aromatic N) is 3. The molecule has 0 aliphatic rings. The van der Waals surface area contributed by atoms with Gasteiger partial charge in [-0.25, -0.2) is 9.97 Å². The topological polar surface area (TPSA) is 61.0 Å². The normalized spacial score (nSPS) is 12.4. The van der Waals surface area contributed by atoms with Crippen LogP contribution in [0.25, 0.3) is 84.3 Å². The number of aromatic nitrogens is 3. The van der Waals surface area contributed by atoms with E-state index >= 15 is 0 Å². The molecule has 5 heteroatoms. The summed E-state index contributed by atoms with van der Waals surface area (Å²) in [7, 11) is 0. The molecule has 0 N–H and O–H groups in total. The number of hydrogen-bond acceptors (Lipinski definition) is 5. The number of fused-ring (bicyclic) bond motifs is 1. The molecular formula is C66H67N3O2. The number of oxazole rings is 1. The minimum atomic E-state index is -0.182. The predicted octanol–water partition coefficient (Wildman–Crippen LogP) is 18.2. The highest BCUT2D eigenvalue weighted by Gasteiger charge is 2.30. The second-order valence-corrected chi connectivity index (χ2v) is 23.1. The monoisotopic (exact) mass is 934 g/mol. The van der Waals surface area contributed by atoms with E-state index in [4.69, 9.17) is 24.1 Å². The Labute approximate surface area is 421 Å². The Hall–Kier alpha value is -7.37. The fraction of sp³-hybridized carbons (Fsp3) is 0.258. The average Bonchev–Trinajstić information content (AvgIpc) is 3.78. The number of para-hydroxylation sites is 3. The zero-order valence-corrected chi connectivity index (χ0v) is 43.9. The quantitative estimate of drug-likeness (QED) is 0.135. The van der Waals surface area contributed by atoms with Gasteiger partial charge in [-0.15, -0.1) is 0 Å². The standard InChI is InChI=1S/C66H67N3O2/c1-41-21-15-17-24-59(41)70-42(2)48-37-53(64(6,7)8)49(38-52(48)63(3,4)5)45-30-32-46(33-31-45)61-47(34-35-57(68-61)56-22-19-20-36-67-56)43-26-28-44(29-27-43)50-39-55(66(12,13)14)51(40-54(50)65(9,10)11)62-69-58-23-16-18-25-60(58)71-62/h15-40H,2H2,1,3-14H3. The van der Waals surface area contributed by atoms with Crippen molar-refractivity contribution in [2.24, 2.45) is 0 Å². The predicted molar refractivity (Wildman–Crippen MR) is 298 cm³/mol. The summed E-state index contributed by atoms with van der Waals surface area (Å²) < 4.78 is 12.9. The third-order valence-electron chi connectivity index (χ3n) is 13.5. The molecule has 0 atom stereocenters. The fourth-order valence-corrected chi connectivity index (χ4v) is 9.62. The first kappa shape index (κ1) is 48.6. The molecule has 0 aliphatic heterocycles. The molecule has 9 rings (SSSR count). The molecular weight excluding hydrogens is 867 g/mol. The zero-order chi connectivity index (χ0) is 50.6. The van der Waals surface area contributed by atoms with Crippen molar-refractivity contribution in [3.63, 3.8) is 0 Å². The molecule has 5 nitrogen and oxygen atoms in total. The van der Waals surface area contributed by atoms with E-state index < -0.39 is 0 Å². The Balaban J connectivity index is 1.13. The lowest BCUT2D eigenvalue weighted by Gasteiger charge is -2.30. The smallest absolute Gasteiger partial charge is 0.227 e. The van der Waals surface area contributed by atoms with Crippen LogP contribution in [0, 0.1) is 6.92 Å². The summed E-state index contributed by atoms with van der Waals surface area (Å²) in [5.74, 6) is 2.12. The Morgan fingerprint density at radius 3 is 1.55 bits per heavy atom. The van der Waals surface area contributed by atoms with Crippen molar-refractivity contribution < 1.29 is 9.15 Å². The molecule has 0 radical (unpaired) electrons. The van der Waals surface area contributed by atoms with E-state index in [2.05, 4.69) is 188 Å². The number of aryl methyl sites for hydroxylation is 1. The molecule has 3 aromatic heterocycles. The fourth-order valence-electron chi connectivity index (χ4n) is 9.62. The molecule has 0 bridgehead atoms. The highest BCUT2D eigenvalue weighted by atomic mass is 16.5. The number of rotatable bonds is 9. The number of hydrogen-bond donors (Lipinski definition) is 0. The maximum Gasteiger partial charge on any atom is 0.227 e. The zero-order valence-electron chi connectivity index (χ0n) is 43.9. The molecule has 0 unspecified atom stereocenters. The summed E-state index contributed by atoms with van der Waals surface area (Å²) in [4.78, 5) is 15.1. The minimum absolute atomic E-state index is 0.162. The van der Waals surface area contributed by atoms with Crippen LogP contribution in [0.4, 0.5) is 0 Å². The van der Waals surface area contributed by atoms with Gasteiger partial charge in [0.1, 0.15) is 17.0 Å². The molecule has 0 saturated carbocycles. The van der Waals surface area contributed by atoms with Gasteiger partial charge in [-0.3, -0.25) is 4.98 Å². The van der Waals surface area contributed by atoms with Gasteiger partial charge in [0, 0.05) is 28.5 Å². The maximum absolute atomic E-state index is 6.52. The van der Waals surface area contributed by atoms with E-state index in [1.807, 2.05) is 66.9 Å². The van der Waals surface area contributed by atoms with E-state index in [-0.39, 0.29) is 21.7 Å². The first-order valence-electron chi connectivity index (χ1n) is 24.9. The summed E-state index contributed by atoms with van der Waals surface area (Å²) in [5, 5.41) is 0. The van der Waals surface area contributed by atoms with Crippen molar-refractivity contribution in [1.82, 2.24) is 15.0 Å². The van der Waals surface area contributed by atoms with Crippen molar-refractivity contribution in [2.45, 2.75) is 112 Å². The van der Waals surface area contributed by atoms with Crippen LogP contribution >= 0.6 is 0 Å². The van der Waals surface area contributed by atoms with Crippen LogP contribution in [0.15, 0.2) is 169 Å². The Morgan fingerprint density at radius 2 is 0.972 bits per heavy atom. The summed E-state index contributed by atoms with van der Waals surface area (Å²) in [5.41, 5.74) is 19.3. The van der Waals surface area contributed by atoms with Gasteiger partial charge in [0.15, 0.2) is 5.58 Å². The highest BCUT2D eigenvalue weighted by molar-refractivity contribution is 5.86. The van der Waals surface area contributed by atoms with Crippen molar-refractivity contribution in [3.8, 4) is 73.2 Å². The first-order chi connectivity index (χ1) is 33.5. The molecule has 0 spiro atoms. The van der Waals surface area contributed by atoms with E-state index in [1.165, 1.54) is 33.4 Å². The summed E-state index contributed by atoms with van der Waals surface area (Å²) in [6, 6.07) is 53.6. The van der Waals surface area contributed by atoms with Gasteiger partial charge in [0.2, 0.25) is 5.89 Å². The van der Waals surface area contributed by atoms with Crippen LogP contribution in [-0.4, -0.2) is 15.0 Å². The lowest BCUT2D eigenvalue weighted by atomic mass is 9.75. The van der Waals surface area contributed by atoms with Gasteiger partial charge in [-0.2, -0.15) is 0 Å². The van der Waals surface area contributed by atoms with Crippen molar-refractivity contribution in [3.05, 3.63) is 198 Å². The number of benzene rings is 6. The number of pyridine rings is 2. The van der Waals surface area contributed by atoms with Gasteiger partial charge in [0.05, 0.1) is 17.1 Å². The molecule has 3 heterocycles. The van der Waals surface area contributed by atoms with Gasteiger partial charge >= 0.3 is 0 Å². The summed E-state index contributed by atoms with van der Waals surface area (Å²) in [6.07, 6.45) is 1.82. The number of ether oxygens (including phenoxy) is 1. The minimum Gasteiger partial charge on any atom is -0.457 e. The van der Waals surface area contributed by atoms with Gasteiger partial charge in [-0.05, 0) is 151 Å². The molecule has 0 aliphatic carbocycles. The van der Waals surface area contributed by atoms with E-state index in [1.54, 1.807) is 0 Å². The molecule has 6 aromatic carbocycles. The highest BCUT2D eigenvalue weighted by Crippen LogP contribution is 2.45. The van der Waals surface area contributed by atoms with Crippen LogP contribution in [0.5, 0.6) is 5.75 Å². The third kappa shape index (κ3) is 10.0. The molecule has 9 aromatic rings. The second kappa shape index (κ2) is 18.4. The van der Waals surface area contributed by atoms with Crippen molar-refractivity contribution >= 4 is 16.9 Å². The van der Waals surface area contributed by atoms with Gasteiger partial charge in [-0.1, -0.05) is 175 Å². The Bertz CT molecular complexity index is 3390. The van der Waals surface area contributed by atoms with E-state index in [0.29, 0.717) is 11.6 Å². The van der Waals surface area contributed by atoms with Gasteiger partial charge in [0.25, 0.3) is 0 Å². The van der Waals surface area contributed by atoms with Gasteiger partial charge < -0.3 is 9.15 Å². The molecule has 0 amide bonds. The van der Waals surface area contributed by atoms with Crippen LogP contribution in [0.2, 0.25) is 0 Å². The van der Waals surface area contributed by atoms with Crippen LogP contribution in [0.1, 0.15) is 116 Å². The molecule has 0 saturated heterocycles. The first-order valence-corrected chi connectivity index (χ1v) is 24.9. The van der Waals surface area contributed by atoms with Crippen LogP contribution in [-0.2, 0) is 21.7 Å². The summed E-state index contributed by atoms with van der Waals surface area (Å²) >= 11 is 0. The van der Waals surface area contributed by atoms with Crippen LogP contribution in [0.3, 0.4) is 0 Å². The van der Waals surface area contributed by atoms with Crippen LogP contribution < -0.4 is 4.74 Å². The maximum atomic E-state index is 6.52.